The maximum atomic E-state index is 12.8. The summed E-state index contributed by atoms with van der Waals surface area (Å²) in [5.74, 6) is 0. The predicted octanol–water partition coefficient (Wildman–Crippen LogP) is 0.647. The van der Waals surface area contributed by atoms with Crippen molar-refractivity contribution in [2.75, 3.05) is 33.2 Å². The summed E-state index contributed by atoms with van der Waals surface area (Å²) in [6.07, 6.45) is 0.824. The van der Waals surface area contributed by atoms with Crippen LogP contribution in [0.2, 0.25) is 0 Å². The van der Waals surface area contributed by atoms with Crippen molar-refractivity contribution < 1.29 is 8.42 Å². The summed E-state index contributed by atoms with van der Waals surface area (Å²) in [6, 6.07) is 6.65. The Hall–Kier alpha value is -1.02. The first kappa shape index (κ1) is 15.4. The second kappa shape index (κ2) is 6.17. The summed E-state index contributed by atoms with van der Waals surface area (Å²) in [7, 11) is -1.55. The summed E-state index contributed by atoms with van der Waals surface area (Å²) in [5.41, 5.74) is 6.05. The van der Waals surface area contributed by atoms with Crippen LogP contribution in [0.4, 0.5) is 0 Å². The minimum atomic E-state index is -3.55. The molecular weight excluding hydrogens is 294 g/mol. The number of benzene rings is 1. The Balaban J connectivity index is 2.37. The highest BCUT2D eigenvalue weighted by Crippen LogP contribution is 2.21. The number of thiocarbonyl (C=S) groups is 1. The average Bonchev–Trinajstić information content (AvgIpc) is 2.64. The Kier molecular flexibility index (Phi) is 4.74. The molecule has 0 spiro atoms. The van der Waals surface area contributed by atoms with E-state index < -0.39 is 10.0 Å². The van der Waals surface area contributed by atoms with E-state index in [1.165, 1.54) is 4.31 Å². The van der Waals surface area contributed by atoms with Crippen molar-refractivity contribution >= 4 is 27.2 Å². The molecule has 1 aliphatic rings. The monoisotopic (exact) mass is 313 g/mol. The van der Waals surface area contributed by atoms with E-state index in [1.54, 1.807) is 24.3 Å². The zero-order valence-electron chi connectivity index (χ0n) is 11.4. The Bertz CT molecular complexity index is 601. The standard InChI is InChI=1S/C13H19N3O2S2/c1-15-7-4-8-16(10-9-15)20(17,18)12-6-3-2-5-11(12)13(14)19/h2-3,5-6H,4,7-10H2,1H3,(H2,14,19). The molecule has 7 heteroatoms. The normalized spacial score (nSPS) is 18.6. The molecule has 0 saturated carbocycles. The van der Waals surface area contributed by atoms with Gasteiger partial charge in [-0.25, -0.2) is 8.42 Å². The highest BCUT2D eigenvalue weighted by atomic mass is 32.2. The number of rotatable bonds is 3. The molecular formula is C13H19N3O2S2. The molecule has 0 radical (unpaired) electrons. The Morgan fingerprint density at radius 2 is 1.90 bits per heavy atom. The first-order chi connectivity index (χ1) is 9.43. The maximum absolute atomic E-state index is 12.8. The lowest BCUT2D eigenvalue weighted by Gasteiger charge is -2.21. The molecule has 5 nitrogen and oxygen atoms in total. The van der Waals surface area contributed by atoms with Gasteiger partial charge in [-0.2, -0.15) is 4.31 Å². The molecule has 1 aromatic rings. The largest absolute Gasteiger partial charge is 0.389 e. The van der Waals surface area contributed by atoms with E-state index >= 15 is 0 Å². The highest BCUT2D eigenvalue weighted by Gasteiger charge is 2.28. The van der Waals surface area contributed by atoms with Crippen LogP contribution in [-0.4, -0.2) is 55.8 Å². The number of hydrogen-bond acceptors (Lipinski definition) is 4. The van der Waals surface area contributed by atoms with Crippen LogP contribution in [0.25, 0.3) is 0 Å². The quantitative estimate of drug-likeness (QED) is 0.830. The van der Waals surface area contributed by atoms with Gasteiger partial charge in [0.25, 0.3) is 0 Å². The van der Waals surface area contributed by atoms with E-state index in [-0.39, 0.29) is 9.88 Å². The van der Waals surface area contributed by atoms with Gasteiger partial charge in [0.15, 0.2) is 0 Å². The van der Waals surface area contributed by atoms with Gasteiger partial charge in [0.05, 0.1) is 4.90 Å². The van der Waals surface area contributed by atoms with Gasteiger partial charge in [-0.1, -0.05) is 30.4 Å². The van der Waals surface area contributed by atoms with Gasteiger partial charge in [0.1, 0.15) is 4.99 Å². The molecule has 0 bridgehead atoms. The molecule has 1 heterocycles. The van der Waals surface area contributed by atoms with Gasteiger partial charge < -0.3 is 10.6 Å². The fourth-order valence-electron chi connectivity index (χ4n) is 2.30. The van der Waals surface area contributed by atoms with E-state index in [9.17, 15) is 8.42 Å². The zero-order valence-corrected chi connectivity index (χ0v) is 13.1. The fourth-order valence-corrected chi connectivity index (χ4v) is 4.22. The Labute approximate surface area is 125 Å². The van der Waals surface area contributed by atoms with Crippen LogP contribution >= 0.6 is 12.2 Å². The molecule has 1 saturated heterocycles. The predicted molar refractivity (Wildman–Crippen MR) is 83.2 cm³/mol. The molecule has 0 atom stereocenters. The maximum Gasteiger partial charge on any atom is 0.243 e. The molecule has 1 aromatic carbocycles. The lowest BCUT2D eigenvalue weighted by Crippen LogP contribution is -2.35. The van der Waals surface area contributed by atoms with Gasteiger partial charge in [0.2, 0.25) is 10.0 Å². The summed E-state index contributed by atoms with van der Waals surface area (Å²) < 4.78 is 27.0. The van der Waals surface area contributed by atoms with Crippen molar-refractivity contribution in [3.63, 3.8) is 0 Å². The SMILES string of the molecule is CN1CCCN(S(=O)(=O)c2ccccc2C(N)=S)CC1. The van der Waals surface area contributed by atoms with Crippen LogP contribution in [0.3, 0.4) is 0 Å². The van der Waals surface area contributed by atoms with Crippen molar-refractivity contribution in [2.24, 2.45) is 5.73 Å². The molecule has 0 aliphatic carbocycles. The first-order valence-corrected chi connectivity index (χ1v) is 8.35. The number of hydrogen-bond donors (Lipinski definition) is 1. The molecule has 2 rings (SSSR count). The van der Waals surface area contributed by atoms with Gasteiger partial charge in [0, 0.05) is 25.2 Å². The summed E-state index contributed by atoms with van der Waals surface area (Å²) in [4.78, 5) is 2.45. The second-order valence-corrected chi connectivity index (χ2v) is 7.27. The van der Waals surface area contributed by atoms with Crippen LogP contribution in [0.5, 0.6) is 0 Å². The summed E-state index contributed by atoms with van der Waals surface area (Å²) in [5, 5.41) is 0. The smallest absolute Gasteiger partial charge is 0.243 e. The minimum Gasteiger partial charge on any atom is -0.389 e. The van der Waals surface area contributed by atoms with E-state index in [0.717, 1.165) is 19.5 Å². The van der Waals surface area contributed by atoms with Crippen LogP contribution in [0.15, 0.2) is 29.2 Å². The Morgan fingerprint density at radius 1 is 1.20 bits per heavy atom. The average molecular weight is 313 g/mol. The number of nitrogens with two attached hydrogens (primary N) is 1. The van der Waals surface area contributed by atoms with Crippen molar-refractivity contribution in [1.82, 2.24) is 9.21 Å². The van der Waals surface area contributed by atoms with Crippen molar-refractivity contribution in [2.45, 2.75) is 11.3 Å². The molecule has 0 unspecified atom stereocenters. The van der Waals surface area contributed by atoms with Crippen LogP contribution < -0.4 is 5.73 Å². The van der Waals surface area contributed by atoms with Gasteiger partial charge >= 0.3 is 0 Å². The first-order valence-electron chi connectivity index (χ1n) is 6.50. The molecule has 20 heavy (non-hydrogen) atoms. The lowest BCUT2D eigenvalue weighted by molar-refractivity contribution is 0.347. The molecule has 2 N–H and O–H groups in total. The number of nitrogens with zero attached hydrogens (tertiary/aromatic N) is 2. The molecule has 0 aromatic heterocycles. The number of sulfonamides is 1. The van der Waals surface area contributed by atoms with Crippen molar-refractivity contribution in [1.29, 1.82) is 0 Å². The molecule has 110 valence electrons. The van der Waals surface area contributed by atoms with E-state index in [0.29, 0.717) is 18.7 Å². The highest BCUT2D eigenvalue weighted by molar-refractivity contribution is 7.89. The van der Waals surface area contributed by atoms with Gasteiger partial charge in [-0.15, -0.1) is 0 Å². The third kappa shape index (κ3) is 3.17. The Morgan fingerprint density at radius 3 is 2.60 bits per heavy atom. The number of likely N-dealkylation sites (N-methyl/N-ethyl adjacent to an activating group) is 1. The lowest BCUT2D eigenvalue weighted by atomic mass is 10.2. The molecule has 0 amide bonds. The van der Waals surface area contributed by atoms with E-state index in [1.807, 2.05) is 7.05 Å². The van der Waals surface area contributed by atoms with Crippen molar-refractivity contribution in [3.8, 4) is 0 Å². The van der Waals surface area contributed by atoms with Crippen LogP contribution in [0.1, 0.15) is 12.0 Å². The fraction of sp³-hybridized carbons (Fsp3) is 0.462. The van der Waals surface area contributed by atoms with Crippen LogP contribution in [-0.2, 0) is 10.0 Å². The molecule has 1 aliphatic heterocycles. The molecule has 1 fully saturated rings. The third-order valence-electron chi connectivity index (χ3n) is 3.45. The third-order valence-corrected chi connectivity index (χ3v) is 5.63. The second-order valence-electron chi connectivity index (χ2n) is 4.92. The van der Waals surface area contributed by atoms with Gasteiger partial charge in [-0.3, -0.25) is 0 Å². The van der Waals surface area contributed by atoms with Gasteiger partial charge in [-0.05, 0) is 26.1 Å². The van der Waals surface area contributed by atoms with Crippen LogP contribution in [0, 0.1) is 0 Å². The van der Waals surface area contributed by atoms with E-state index in [2.05, 4.69) is 4.90 Å². The minimum absolute atomic E-state index is 0.108. The summed E-state index contributed by atoms with van der Waals surface area (Å²) in [6.45, 7) is 2.65. The van der Waals surface area contributed by atoms with Crippen molar-refractivity contribution in [3.05, 3.63) is 29.8 Å². The topological polar surface area (TPSA) is 66.6 Å². The summed E-state index contributed by atoms with van der Waals surface area (Å²) >= 11 is 4.95. The zero-order chi connectivity index (χ0) is 14.8. The van der Waals surface area contributed by atoms with E-state index in [4.69, 9.17) is 18.0 Å².